The van der Waals surface area contributed by atoms with Crippen LogP contribution in [-0.2, 0) is 20.1 Å². The largest absolute Gasteiger partial charge is 0.508 e. The third-order valence-corrected chi connectivity index (χ3v) is 5.04. The molecule has 26 heavy (non-hydrogen) atoms. The molecule has 0 saturated carbocycles. The zero-order valence-electron chi connectivity index (χ0n) is 14.3. The van der Waals surface area contributed by atoms with Gasteiger partial charge in [0.25, 0.3) is 0 Å². The molecule has 1 saturated heterocycles. The van der Waals surface area contributed by atoms with E-state index in [1.807, 2.05) is 41.1 Å². The summed E-state index contributed by atoms with van der Waals surface area (Å²) >= 11 is 1.58. The summed E-state index contributed by atoms with van der Waals surface area (Å²) in [5, 5.41) is 22.2. The lowest BCUT2D eigenvalue weighted by molar-refractivity contribution is -0.266. The molecular weight excluding hydrogens is 352 g/mol. The zero-order chi connectivity index (χ0) is 18.4. The van der Waals surface area contributed by atoms with Crippen molar-refractivity contribution in [2.24, 2.45) is 5.92 Å². The molecule has 0 radical (unpaired) electrons. The number of carbonyl (C=O) groups is 1. The second-order valence-electron chi connectivity index (χ2n) is 6.30. The molecule has 0 atom stereocenters. The van der Waals surface area contributed by atoms with Crippen molar-refractivity contribution in [2.75, 3.05) is 13.2 Å². The highest BCUT2D eigenvalue weighted by Crippen LogP contribution is 2.40. The molecule has 2 N–H and O–H groups in total. The number of phenolic OH excluding ortho intramolecular Hbond substituents is 1. The van der Waals surface area contributed by atoms with Gasteiger partial charge in [-0.2, -0.15) is 11.3 Å². The van der Waals surface area contributed by atoms with Crippen molar-refractivity contribution in [1.82, 2.24) is 0 Å². The van der Waals surface area contributed by atoms with Crippen molar-refractivity contribution < 1.29 is 24.5 Å². The summed E-state index contributed by atoms with van der Waals surface area (Å²) in [5.41, 5.74) is 1.80. The van der Waals surface area contributed by atoms with Gasteiger partial charge in [0.1, 0.15) is 5.75 Å². The fourth-order valence-corrected chi connectivity index (χ4v) is 3.63. The second kappa shape index (κ2) is 8.49. The Labute approximate surface area is 156 Å². The predicted molar refractivity (Wildman–Crippen MR) is 99.2 cm³/mol. The van der Waals surface area contributed by atoms with Gasteiger partial charge in [-0.25, -0.2) is 0 Å². The molecule has 1 aliphatic rings. The average Bonchev–Trinajstić information content (AvgIpc) is 3.18. The van der Waals surface area contributed by atoms with Gasteiger partial charge in [0, 0.05) is 23.5 Å². The van der Waals surface area contributed by atoms with Crippen LogP contribution < -0.4 is 0 Å². The van der Waals surface area contributed by atoms with Crippen LogP contribution in [0.1, 0.15) is 30.4 Å². The third-order valence-electron chi connectivity index (χ3n) is 4.35. The van der Waals surface area contributed by atoms with Crippen molar-refractivity contribution in [3.05, 3.63) is 64.4 Å². The molecule has 0 spiro atoms. The van der Waals surface area contributed by atoms with Gasteiger partial charge in [0.15, 0.2) is 0 Å². The van der Waals surface area contributed by atoms with E-state index in [-0.39, 0.29) is 18.1 Å². The molecule has 0 unspecified atom stereocenters. The van der Waals surface area contributed by atoms with Crippen LogP contribution >= 0.6 is 11.3 Å². The number of aliphatic carboxylic acids is 1. The summed E-state index contributed by atoms with van der Waals surface area (Å²) < 4.78 is 12.4. The molecule has 0 aliphatic carbocycles. The summed E-state index contributed by atoms with van der Waals surface area (Å²) in [5.74, 6) is -1.31. The van der Waals surface area contributed by atoms with Gasteiger partial charge in [-0.15, -0.1) is 0 Å². The molecule has 138 valence electrons. The fourth-order valence-electron chi connectivity index (χ4n) is 2.94. The first-order valence-electron chi connectivity index (χ1n) is 8.57. The SMILES string of the molecule is O=C(O)CC/C=C\CC1COC(c2ccc(O)cc2)(c2ccsc2)OC1. The standard InChI is InChI=1S/C20H22O5S/c21-18-8-6-16(7-9-18)20(17-10-11-26-14-17)24-12-15(13-25-20)4-2-1-3-5-19(22)23/h1-2,6-11,14-15,21H,3-5,12-13H2,(H,22,23)/b2-1-. The number of phenols is 1. The summed E-state index contributed by atoms with van der Waals surface area (Å²) in [6.07, 6.45) is 5.37. The molecule has 3 rings (SSSR count). The topological polar surface area (TPSA) is 76.0 Å². The summed E-state index contributed by atoms with van der Waals surface area (Å²) in [4.78, 5) is 10.5. The molecule has 1 aliphatic heterocycles. The Bertz CT molecular complexity index is 728. The van der Waals surface area contributed by atoms with Gasteiger partial charge in [-0.05, 0) is 53.9 Å². The summed E-state index contributed by atoms with van der Waals surface area (Å²) in [6.45, 7) is 1.08. The highest BCUT2D eigenvalue weighted by atomic mass is 32.1. The van der Waals surface area contributed by atoms with Crippen LogP contribution in [0.25, 0.3) is 0 Å². The van der Waals surface area contributed by atoms with E-state index in [0.29, 0.717) is 19.6 Å². The first-order chi connectivity index (χ1) is 12.6. The number of carboxylic acids is 1. The van der Waals surface area contributed by atoms with Crippen molar-refractivity contribution in [1.29, 1.82) is 0 Å². The van der Waals surface area contributed by atoms with E-state index in [1.165, 1.54) is 0 Å². The second-order valence-corrected chi connectivity index (χ2v) is 7.08. The maximum atomic E-state index is 10.5. The Morgan fingerprint density at radius 3 is 2.50 bits per heavy atom. The quantitative estimate of drug-likeness (QED) is 0.713. The Morgan fingerprint density at radius 1 is 1.15 bits per heavy atom. The number of rotatable bonds is 7. The molecule has 6 heteroatoms. The van der Waals surface area contributed by atoms with Crippen LogP contribution in [0.15, 0.2) is 53.2 Å². The van der Waals surface area contributed by atoms with Crippen molar-refractivity contribution in [2.45, 2.75) is 25.0 Å². The number of carboxylic acid groups (broad SMARTS) is 1. The minimum atomic E-state index is -0.947. The molecule has 1 aromatic heterocycles. The highest BCUT2D eigenvalue weighted by Gasteiger charge is 2.41. The molecule has 1 fully saturated rings. The monoisotopic (exact) mass is 374 g/mol. The molecule has 0 amide bonds. The van der Waals surface area contributed by atoms with Crippen LogP contribution in [0.5, 0.6) is 5.75 Å². The lowest BCUT2D eigenvalue weighted by Gasteiger charge is -2.40. The minimum absolute atomic E-state index is 0.149. The molecule has 0 bridgehead atoms. The van der Waals surface area contributed by atoms with Gasteiger partial charge in [-0.1, -0.05) is 12.2 Å². The van der Waals surface area contributed by atoms with Crippen LogP contribution in [-0.4, -0.2) is 29.4 Å². The van der Waals surface area contributed by atoms with Gasteiger partial charge in [-0.3, -0.25) is 4.79 Å². The van der Waals surface area contributed by atoms with E-state index >= 15 is 0 Å². The molecule has 2 heterocycles. The Kier molecular flexibility index (Phi) is 6.08. The number of ether oxygens (including phenoxy) is 2. The van der Waals surface area contributed by atoms with Crippen molar-refractivity contribution in [3.8, 4) is 5.75 Å². The maximum Gasteiger partial charge on any atom is 0.303 e. The van der Waals surface area contributed by atoms with E-state index < -0.39 is 11.8 Å². The molecular formula is C20H22O5S. The number of benzene rings is 1. The molecule has 1 aromatic carbocycles. The lowest BCUT2D eigenvalue weighted by atomic mass is 9.96. The Balaban J connectivity index is 1.66. The van der Waals surface area contributed by atoms with E-state index in [4.69, 9.17) is 14.6 Å². The fraction of sp³-hybridized carbons (Fsp3) is 0.350. The normalized spacial score (nSPS) is 23.3. The van der Waals surface area contributed by atoms with Gasteiger partial charge >= 0.3 is 5.97 Å². The predicted octanol–water partition coefficient (Wildman–Crippen LogP) is 4.13. The van der Waals surface area contributed by atoms with E-state index in [0.717, 1.165) is 17.5 Å². The zero-order valence-corrected chi connectivity index (χ0v) is 15.2. The Hall–Kier alpha value is -2.15. The minimum Gasteiger partial charge on any atom is -0.508 e. The molecule has 5 nitrogen and oxygen atoms in total. The number of thiophene rings is 1. The van der Waals surface area contributed by atoms with Crippen LogP contribution in [0.2, 0.25) is 0 Å². The first kappa shape index (κ1) is 18.6. The lowest BCUT2D eigenvalue weighted by Crippen LogP contribution is -2.42. The van der Waals surface area contributed by atoms with Gasteiger partial charge in [0.2, 0.25) is 5.79 Å². The number of allylic oxidation sites excluding steroid dienone is 2. The van der Waals surface area contributed by atoms with Crippen LogP contribution in [0.4, 0.5) is 0 Å². The summed E-state index contributed by atoms with van der Waals surface area (Å²) in [7, 11) is 0. The van der Waals surface area contributed by atoms with Crippen LogP contribution in [0.3, 0.4) is 0 Å². The van der Waals surface area contributed by atoms with E-state index in [1.54, 1.807) is 23.5 Å². The third kappa shape index (κ3) is 4.33. The number of hydrogen-bond acceptors (Lipinski definition) is 5. The highest BCUT2D eigenvalue weighted by molar-refractivity contribution is 7.08. The first-order valence-corrected chi connectivity index (χ1v) is 9.51. The van der Waals surface area contributed by atoms with Gasteiger partial charge < -0.3 is 19.7 Å². The van der Waals surface area contributed by atoms with E-state index in [2.05, 4.69) is 0 Å². The number of hydrogen-bond donors (Lipinski definition) is 2. The smallest absolute Gasteiger partial charge is 0.303 e. The van der Waals surface area contributed by atoms with Crippen molar-refractivity contribution in [3.63, 3.8) is 0 Å². The van der Waals surface area contributed by atoms with Crippen LogP contribution in [0, 0.1) is 5.92 Å². The summed E-state index contributed by atoms with van der Waals surface area (Å²) in [6, 6.07) is 8.89. The average molecular weight is 374 g/mol. The Morgan fingerprint density at radius 2 is 1.88 bits per heavy atom. The van der Waals surface area contributed by atoms with E-state index in [9.17, 15) is 9.90 Å². The maximum absolute atomic E-state index is 10.5. The number of aromatic hydroxyl groups is 1. The van der Waals surface area contributed by atoms with Crippen molar-refractivity contribution >= 4 is 17.3 Å². The van der Waals surface area contributed by atoms with Gasteiger partial charge in [0.05, 0.1) is 13.2 Å². The molecule has 2 aromatic rings.